The van der Waals surface area contributed by atoms with Crippen LogP contribution in [0.5, 0.6) is 0 Å². The lowest BCUT2D eigenvalue weighted by Gasteiger charge is -2.49. The Kier molecular flexibility index (Phi) is 4.55. The van der Waals surface area contributed by atoms with E-state index in [-0.39, 0.29) is 5.91 Å². The second-order valence-corrected chi connectivity index (χ2v) is 5.33. The second kappa shape index (κ2) is 5.36. The number of hydrogen-bond acceptors (Lipinski definition) is 3. The van der Waals surface area contributed by atoms with Crippen LogP contribution >= 0.6 is 0 Å². The Morgan fingerprint density at radius 3 is 2.24 bits per heavy atom. The van der Waals surface area contributed by atoms with Gasteiger partial charge >= 0.3 is 0 Å². The Morgan fingerprint density at radius 2 is 1.88 bits per heavy atom. The summed E-state index contributed by atoms with van der Waals surface area (Å²) in [5.74, 6) is 0.116. The molecule has 1 aliphatic rings. The van der Waals surface area contributed by atoms with Gasteiger partial charge in [0.05, 0.1) is 24.1 Å². The van der Waals surface area contributed by atoms with Crippen molar-refractivity contribution in [3.8, 4) is 0 Å². The summed E-state index contributed by atoms with van der Waals surface area (Å²) in [7, 11) is 0. The fraction of sp³-hybridized carbons (Fsp3) is 0.923. The normalized spacial score (nSPS) is 19.0. The van der Waals surface area contributed by atoms with Crippen LogP contribution in [-0.4, -0.2) is 41.1 Å². The average molecular weight is 242 g/mol. The number of likely N-dealkylation sites (tertiary alicyclic amines) is 1. The molecule has 3 N–H and O–H groups in total. The van der Waals surface area contributed by atoms with Crippen LogP contribution in [0.1, 0.15) is 46.5 Å². The first-order chi connectivity index (χ1) is 7.97. The molecule has 0 aliphatic carbocycles. The minimum atomic E-state index is -0.647. The molecule has 4 heteroatoms. The zero-order valence-electron chi connectivity index (χ0n) is 11.3. The molecule has 4 nitrogen and oxygen atoms in total. The molecule has 100 valence electrons. The molecule has 1 amide bonds. The van der Waals surface area contributed by atoms with Crippen LogP contribution in [0.25, 0.3) is 0 Å². The number of nitrogens with zero attached hydrogens (tertiary/aromatic N) is 1. The summed E-state index contributed by atoms with van der Waals surface area (Å²) >= 11 is 0. The van der Waals surface area contributed by atoms with Crippen molar-refractivity contribution in [3.05, 3.63) is 0 Å². The highest BCUT2D eigenvalue weighted by atomic mass is 16.3. The Balaban J connectivity index is 2.62. The highest BCUT2D eigenvalue weighted by Gasteiger charge is 2.47. The molecule has 0 aromatic carbocycles. The van der Waals surface area contributed by atoms with E-state index in [2.05, 4.69) is 0 Å². The maximum Gasteiger partial charge on any atom is 0.230 e. The molecule has 0 unspecified atom stereocenters. The van der Waals surface area contributed by atoms with Gasteiger partial charge in [-0.15, -0.1) is 0 Å². The predicted molar refractivity (Wildman–Crippen MR) is 68.5 cm³/mol. The number of hydrogen-bond donors (Lipinski definition) is 2. The van der Waals surface area contributed by atoms with E-state index in [0.29, 0.717) is 19.6 Å². The van der Waals surface area contributed by atoms with Crippen LogP contribution in [0.3, 0.4) is 0 Å². The van der Waals surface area contributed by atoms with Gasteiger partial charge in [0, 0.05) is 6.54 Å². The number of carbonyl (C=O) groups excluding carboxylic acids is 1. The molecule has 0 aromatic rings. The van der Waals surface area contributed by atoms with Gasteiger partial charge in [-0.05, 0) is 19.3 Å². The van der Waals surface area contributed by atoms with E-state index < -0.39 is 11.0 Å². The fourth-order valence-electron chi connectivity index (χ4n) is 2.70. The molecule has 1 heterocycles. The van der Waals surface area contributed by atoms with Gasteiger partial charge in [0.1, 0.15) is 0 Å². The zero-order chi connectivity index (χ0) is 13.1. The number of nitrogens with two attached hydrogens (primary N) is 1. The highest BCUT2D eigenvalue weighted by molar-refractivity contribution is 5.84. The molecular formula is C13H26N2O2. The van der Waals surface area contributed by atoms with Gasteiger partial charge in [-0.2, -0.15) is 0 Å². The van der Waals surface area contributed by atoms with Crippen LogP contribution in [0.15, 0.2) is 0 Å². The highest BCUT2D eigenvalue weighted by Crippen LogP contribution is 2.33. The molecular weight excluding hydrogens is 216 g/mol. The zero-order valence-corrected chi connectivity index (χ0v) is 11.3. The monoisotopic (exact) mass is 242 g/mol. The van der Waals surface area contributed by atoms with Crippen molar-refractivity contribution in [2.24, 2.45) is 11.1 Å². The second-order valence-electron chi connectivity index (χ2n) is 5.33. The average Bonchev–Trinajstić information content (AvgIpc) is 2.29. The molecule has 1 aliphatic heterocycles. The standard InChI is InChI=1S/C13H26N2O2/c1-4-7-13(17)9-15(10-13)11(16)12(5-2,6-3)8-14/h17H,4-10,14H2,1-3H3. The lowest BCUT2D eigenvalue weighted by atomic mass is 9.78. The minimum Gasteiger partial charge on any atom is -0.386 e. The van der Waals surface area contributed by atoms with Crippen LogP contribution < -0.4 is 5.73 Å². The summed E-state index contributed by atoms with van der Waals surface area (Å²) in [6.07, 6.45) is 3.25. The van der Waals surface area contributed by atoms with E-state index in [4.69, 9.17) is 5.73 Å². The van der Waals surface area contributed by atoms with E-state index in [1.165, 1.54) is 0 Å². The molecule has 0 atom stereocenters. The summed E-state index contributed by atoms with van der Waals surface area (Å²) in [6.45, 7) is 7.40. The van der Waals surface area contributed by atoms with Crippen molar-refractivity contribution < 1.29 is 9.90 Å². The number of aliphatic hydroxyl groups is 1. The van der Waals surface area contributed by atoms with E-state index in [0.717, 1.165) is 25.7 Å². The van der Waals surface area contributed by atoms with Gasteiger partial charge in [-0.25, -0.2) is 0 Å². The van der Waals surface area contributed by atoms with Crippen molar-refractivity contribution >= 4 is 5.91 Å². The molecule has 0 radical (unpaired) electrons. The first-order valence-corrected chi connectivity index (χ1v) is 6.68. The predicted octanol–water partition coefficient (Wildman–Crippen LogP) is 1.12. The summed E-state index contributed by atoms with van der Waals surface area (Å²) in [5, 5.41) is 10.1. The SMILES string of the molecule is CCCC1(O)CN(C(=O)C(CC)(CC)CN)C1. The number of carbonyl (C=O) groups is 1. The molecule has 17 heavy (non-hydrogen) atoms. The largest absolute Gasteiger partial charge is 0.386 e. The number of amides is 1. The molecule has 0 saturated carbocycles. The molecule has 1 saturated heterocycles. The first kappa shape index (κ1) is 14.5. The van der Waals surface area contributed by atoms with Crippen LogP contribution in [-0.2, 0) is 4.79 Å². The Bertz CT molecular complexity index is 260. The Hall–Kier alpha value is -0.610. The lowest BCUT2D eigenvalue weighted by molar-refractivity contribution is -0.167. The van der Waals surface area contributed by atoms with Gasteiger partial charge in [0.25, 0.3) is 0 Å². The first-order valence-electron chi connectivity index (χ1n) is 6.68. The van der Waals surface area contributed by atoms with Crippen molar-refractivity contribution in [2.45, 2.75) is 52.1 Å². The Morgan fingerprint density at radius 1 is 1.35 bits per heavy atom. The molecule has 0 aromatic heterocycles. The van der Waals surface area contributed by atoms with Crippen molar-refractivity contribution in [1.29, 1.82) is 0 Å². The molecule has 0 spiro atoms. The van der Waals surface area contributed by atoms with Crippen LogP contribution in [0.2, 0.25) is 0 Å². The minimum absolute atomic E-state index is 0.116. The maximum atomic E-state index is 12.4. The van der Waals surface area contributed by atoms with E-state index >= 15 is 0 Å². The Labute approximate surface area is 104 Å². The molecule has 1 fully saturated rings. The van der Waals surface area contributed by atoms with Crippen LogP contribution in [0, 0.1) is 5.41 Å². The van der Waals surface area contributed by atoms with Crippen molar-refractivity contribution in [2.75, 3.05) is 19.6 Å². The summed E-state index contributed by atoms with van der Waals surface area (Å²) in [4.78, 5) is 14.1. The van der Waals surface area contributed by atoms with E-state index in [1.54, 1.807) is 4.90 Å². The number of β-amino-alcohol motifs (C(OH)–C–C–N with tert-alkyl or cyclic N) is 1. The number of rotatable bonds is 6. The van der Waals surface area contributed by atoms with Crippen molar-refractivity contribution in [3.63, 3.8) is 0 Å². The van der Waals surface area contributed by atoms with Gasteiger partial charge in [0.2, 0.25) is 5.91 Å². The lowest BCUT2D eigenvalue weighted by Crippen LogP contribution is -2.66. The third-order valence-electron chi connectivity index (χ3n) is 4.17. The van der Waals surface area contributed by atoms with Gasteiger partial charge in [0.15, 0.2) is 0 Å². The fourth-order valence-corrected chi connectivity index (χ4v) is 2.70. The summed E-state index contributed by atoms with van der Waals surface area (Å²) in [6, 6.07) is 0. The van der Waals surface area contributed by atoms with Gasteiger partial charge < -0.3 is 15.7 Å². The topological polar surface area (TPSA) is 66.6 Å². The molecule has 0 bridgehead atoms. The summed E-state index contributed by atoms with van der Waals surface area (Å²) < 4.78 is 0. The van der Waals surface area contributed by atoms with E-state index in [9.17, 15) is 9.90 Å². The molecule has 1 rings (SSSR count). The maximum absolute atomic E-state index is 12.4. The van der Waals surface area contributed by atoms with Gasteiger partial charge in [-0.3, -0.25) is 4.79 Å². The smallest absolute Gasteiger partial charge is 0.230 e. The third-order valence-corrected chi connectivity index (χ3v) is 4.17. The van der Waals surface area contributed by atoms with Crippen molar-refractivity contribution in [1.82, 2.24) is 4.90 Å². The van der Waals surface area contributed by atoms with Gasteiger partial charge in [-0.1, -0.05) is 27.2 Å². The quantitative estimate of drug-likeness (QED) is 0.733. The third kappa shape index (κ3) is 2.63. The van der Waals surface area contributed by atoms with Crippen LogP contribution in [0.4, 0.5) is 0 Å². The summed E-state index contributed by atoms with van der Waals surface area (Å²) in [5.41, 5.74) is 4.69. The van der Waals surface area contributed by atoms with E-state index in [1.807, 2.05) is 20.8 Å².